The number of hydrogen-bond acceptors (Lipinski definition) is 9. The van der Waals surface area contributed by atoms with E-state index in [0.29, 0.717) is 49.4 Å². The normalized spacial score (nSPS) is 21.3. The van der Waals surface area contributed by atoms with Crippen molar-refractivity contribution in [2.75, 3.05) is 40.2 Å². The molecule has 4 rings (SSSR count). The fourth-order valence-electron chi connectivity index (χ4n) is 8.39. The first-order chi connectivity index (χ1) is 25.0. The number of aliphatic hydroxyl groups is 1. The number of methoxy groups -OCH3 is 2. The van der Waals surface area contributed by atoms with Gasteiger partial charge in [-0.2, -0.15) is 0 Å². The molecule has 0 aromatic heterocycles. The lowest BCUT2D eigenvalue weighted by molar-refractivity contribution is -0.114. The number of phenolic OH excluding ortho intramolecular Hbond substituents is 2. The van der Waals surface area contributed by atoms with Crippen LogP contribution in [0.5, 0.6) is 23.0 Å². The van der Waals surface area contributed by atoms with Crippen LogP contribution < -0.4 is 25.8 Å². The Morgan fingerprint density at radius 2 is 1.88 bits per heavy atom. The highest BCUT2D eigenvalue weighted by atomic mass is 16.6. The molecular weight excluding hydrogens is 660 g/mol. The number of carbonyl (C=O) groups excluding carboxylic acids is 1. The van der Waals surface area contributed by atoms with Crippen molar-refractivity contribution in [3.8, 4) is 23.0 Å². The first-order valence-corrected chi connectivity index (χ1v) is 19.0. The number of ketones is 1. The van der Waals surface area contributed by atoms with E-state index < -0.39 is 11.9 Å². The van der Waals surface area contributed by atoms with Crippen LogP contribution in [0.1, 0.15) is 102 Å². The molecule has 2 aromatic rings. The number of aliphatic imine (C=N–C) groups is 1. The number of aromatic hydroxyl groups is 2. The van der Waals surface area contributed by atoms with Crippen LogP contribution in [-0.4, -0.2) is 73.8 Å². The van der Waals surface area contributed by atoms with Gasteiger partial charge in [-0.1, -0.05) is 51.2 Å². The van der Waals surface area contributed by atoms with Crippen molar-refractivity contribution in [1.82, 2.24) is 5.32 Å². The first-order valence-electron chi connectivity index (χ1n) is 19.0. The summed E-state index contributed by atoms with van der Waals surface area (Å²) < 4.78 is 17.3. The van der Waals surface area contributed by atoms with Gasteiger partial charge in [0.05, 0.1) is 12.8 Å². The Kier molecular flexibility index (Phi) is 15.2. The van der Waals surface area contributed by atoms with Gasteiger partial charge in [-0.05, 0) is 105 Å². The third-order valence-corrected chi connectivity index (χ3v) is 11.2. The van der Waals surface area contributed by atoms with Gasteiger partial charge in [-0.25, -0.2) is 0 Å². The smallest absolute Gasteiger partial charge is 0.192 e. The zero-order valence-corrected chi connectivity index (χ0v) is 31.9. The average Bonchev–Trinajstić information content (AvgIpc) is 3.79. The second-order valence-corrected chi connectivity index (χ2v) is 14.8. The monoisotopic (exact) mass is 722 g/mol. The number of hydrogen-bond donors (Lipinski definition) is 6. The number of aryl methyl sites for hydroxylation is 1. The van der Waals surface area contributed by atoms with Gasteiger partial charge < -0.3 is 45.9 Å². The van der Waals surface area contributed by atoms with Gasteiger partial charge >= 0.3 is 0 Å². The fourth-order valence-corrected chi connectivity index (χ4v) is 8.39. The molecule has 52 heavy (non-hydrogen) atoms. The lowest BCUT2D eigenvalue weighted by atomic mass is 9.66. The van der Waals surface area contributed by atoms with Crippen molar-refractivity contribution >= 4 is 17.4 Å². The topological polar surface area (TPSA) is 168 Å². The third-order valence-electron chi connectivity index (χ3n) is 11.2. The quantitative estimate of drug-likeness (QED) is 0.0216. The summed E-state index contributed by atoms with van der Waals surface area (Å²) >= 11 is 0. The molecule has 0 bridgehead atoms. The van der Waals surface area contributed by atoms with Crippen molar-refractivity contribution in [2.24, 2.45) is 22.6 Å². The van der Waals surface area contributed by atoms with Crippen molar-refractivity contribution in [1.29, 1.82) is 0 Å². The Balaban J connectivity index is 1.70. The van der Waals surface area contributed by atoms with E-state index in [2.05, 4.69) is 28.6 Å². The number of unbranched alkanes of at least 4 members (excludes halogenated alkanes) is 2. The summed E-state index contributed by atoms with van der Waals surface area (Å²) in [7, 11) is 6.51. The van der Waals surface area contributed by atoms with E-state index in [-0.39, 0.29) is 40.5 Å². The summed E-state index contributed by atoms with van der Waals surface area (Å²) in [6.45, 7) is 2.77. The summed E-state index contributed by atoms with van der Waals surface area (Å²) in [6.07, 6.45) is 14.9. The van der Waals surface area contributed by atoms with Crippen molar-refractivity contribution < 1.29 is 34.3 Å². The molecule has 2 aliphatic carbocycles. The number of benzene rings is 2. The second kappa shape index (κ2) is 19.3. The van der Waals surface area contributed by atoms with E-state index in [1.54, 1.807) is 25.3 Å². The lowest BCUT2D eigenvalue weighted by Crippen LogP contribution is -2.43. The number of rotatable bonds is 20. The molecule has 4 unspecified atom stereocenters. The van der Waals surface area contributed by atoms with Crippen molar-refractivity contribution in [2.45, 2.75) is 114 Å². The van der Waals surface area contributed by atoms with E-state index in [0.717, 1.165) is 75.3 Å². The number of anilines is 1. The van der Waals surface area contributed by atoms with Crippen LogP contribution in [-0.2, 0) is 21.4 Å². The maximum Gasteiger partial charge on any atom is 0.192 e. The molecular formula is C41H62N4O7. The predicted molar refractivity (Wildman–Crippen MR) is 206 cm³/mol. The molecule has 0 spiro atoms. The van der Waals surface area contributed by atoms with Gasteiger partial charge in [0.25, 0.3) is 0 Å². The molecule has 0 saturated heterocycles. The number of likely N-dealkylation sites (N-methyl/N-ethyl adjacent to an activating group) is 1. The standard InChI is InChI=1S/C41H62N4O7/c1-6-7-8-11-30(14-16-32(46)15-12-28-13-17-34(47)35(22-28)50-4)41(19-9-10-20-41)31-24-33(45-39(42)44-3)38(49)36(25-31)52-40(27-43-2)21-18-29(26-40)23-37(48)51-5/h13-14,16-17,22,24-25,29-30,37,43,47-49H,6-12,15,18-21,23,26-27H2,1-5H3,(H3,42,44,45). The SMILES string of the molecule is CCCCCC(C=CC(=O)CCc1ccc(O)c(OC)c1)C1(c2cc(NC(N)=NC)c(O)c(OC3(CNC)CCC(CC(O)OC)C3)c2)CCCC1. The van der Waals surface area contributed by atoms with Crippen LogP contribution in [0, 0.1) is 11.8 Å². The predicted octanol–water partition coefficient (Wildman–Crippen LogP) is 6.72. The van der Waals surface area contributed by atoms with E-state index in [4.69, 9.17) is 19.9 Å². The van der Waals surface area contributed by atoms with Crippen LogP contribution in [0.4, 0.5) is 5.69 Å². The molecule has 4 atom stereocenters. The van der Waals surface area contributed by atoms with E-state index in [1.165, 1.54) is 14.2 Å². The maximum absolute atomic E-state index is 13.4. The average molecular weight is 723 g/mol. The molecule has 0 amide bonds. The maximum atomic E-state index is 13.4. The summed E-state index contributed by atoms with van der Waals surface area (Å²) in [5, 5.41) is 38.3. The fraction of sp³-hybridized carbons (Fsp3) is 0.610. The Morgan fingerprint density at radius 1 is 1.12 bits per heavy atom. The van der Waals surface area contributed by atoms with Gasteiger partial charge in [-0.3, -0.25) is 9.79 Å². The molecule has 2 aliphatic rings. The van der Waals surface area contributed by atoms with E-state index in [9.17, 15) is 20.1 Å². The number of phenols is 2. The number of aliphatic hydroxyl groups excluding tert-OH is 1. The number of nitrogens with zero attached hydrogens (tertiary/aromatic N) is 1. The van der Waals surface area contributed by atoms with Crippen LogP contribution in [0.2, 0.25) is 0 Å². The Morgan fingerprint density at radius 3 is 2.56 bits per heavy atom. The molecule has 11 heteroatoms. The van der Waals surface area contributed by atoms with Crippen LogP contribution in [0.25, 0.3) is 0 Å². The van der Waals surface area contributed by atoms with Crippen LogP contribution in [0.3, 0.4) is 0 Å². The zero-order valence-electron chi connectivity index (χ0n) is 31.9. The molecule has 2 saturated carbocycles. The lowest BCUT2D eigenvalue weighted by Gasteiger charge is -2.38. The van der Waals surface area contributed by atoms with E-state index >= 15 is 0 Å². The summed E-state index contributed by atoms with van der Waals surface area (Å²) in [4.78, 5) is 17.4. The van der Waals surface area contributed by atoms with Crippen molar-refractivity contribution in [3.63, 3.8) is 0 Å². The summed E-state index contributed by atoms with van der Waals surface area (Å²) in [5.41, 5.74) is 7.69. The minimum atomic E-state index is -0.831. The van der Waals surface area contributed by atoms with Gasteiger partial charge in [0.15, 0.2) is 41.0 Å². The van der Waals surface area contributed by atoms with Gasteiger partial charge in [0, 0.05) is 39.0 Å². The highest BCUT2D eigenvalue weighted by molar-refractivity contribution is 5.94. The summed E-state index contributed by atoms with van der Waals surface area (Å²) in [6, 6.07) is 9.19. The van der Waals surface area contributed by atoms with Gasteiger partial charge in [-0.15, -0.1) is 0 Å². The number of carbonyl (C=O) groups is 1. The number of nitrogens with one attached hydrogen (secondary N) is 2. The molecule has 11 nitrogen and oxygen atoms in total. The Labute approximate surface area is 310 Å². The Bertz CT molecular complexity index is 1520. The van der Waals surface area contributed by atoms with Gasteiger partial charge in [0.2, 0.25) is 0 Å². The molecule has 2 fully saturated rings. The van der Waals surface area contributed by atoms with Crippen LogP contribution >= 0.6 is 0 Å². The molecule has 0 aliphatic heterocycles. The number of nitrogens with two attached hydrogens (primary N) is 1. The highest BCUT2D eigenvalue weighted by Gasteiger charge is 2.45. The second-order valence-electron chi connectivity index (χ2n) is 14.8. The largest absolute Gasteiger partial charge is 0.504 e. The minimum Gasteiger partial charge on any atom is -0.504 e. The first kappa shape index (κ1) is 41.0. The number of ether oxygens (including phenoxy) is 3. The zero-order chi connectivity index (χ0) is 37.7. The van der Waals surface area contributed by atoms with E-state index in [1.807, 2.05) is 25.2 Å². The van der Waals surface area contributed by atoms with Crippen molar-refractivity contribution in [3.05, 3.63) is 53.6 Å². The molecule has 0 heterocycles. The highest BCUT2D eigenvalue weighted by Crippen LogP contribution is 2.53. The Hall–Kier alpha value is -3.80. The molecule has 2 aromatic carbocycles. The third kappa shape index (κ3) is 10.4. The molecule has 0 radical (unpaired) electrons. The summed E-state index contributed by atoms with van der Waals surface area (Å²) in [5.74, 6) is 1.34. The minimum absolute atomic E-state index is 0.0292. The molecule has 288 valence electrons. The van der Waals surface area contributed by atoms with Gasteiger partial charge in [0.1, 0.15) is 5.60 Å². The van der Waals surface area contributed by atoms with Crippen LogP contribution in [0.15, 0.2) is 47.5 Å². The number of allylic oxidation sites excluding steroid dienone is 2. The number of guanidine groups is 1. The molecule has 7 N–H and O–H groups in total.